The fraction of sp³-hybridized carbons (Fsp3) is 0.467. The van der Waals surface area contributed by atoms with Gasteiger partial charge in [-0.25, -0.2) is 4.98 Å². The second-order valence-electron chi connectivity index (χ2n) is 5.19. The fourth-order valence-corrected chi connectivity index (χ4v) is 3.67. The highest BCUT2D eigenvalue weighted by molar-refractivity contribution is 7.99. The number of thioether (sulfide) groups is 1. The molecule has 0 atom stereocenters. The number of fused-ring (bicyclic) bond motifs is 1. The molecule has 0 saturated carbocycles. The number of rotatable bonds is 4. The third-order valence-corrected chi connectivity index (χ3v) is 4.83. The van der Waals surface area contributed by atoms with E-state index in [2.05, 4.69) is 15.3 Å². The fourth-order valence-electron chi connectivity index (χ4n) is 2.57. The van der Waals surface area contributed by atoms with Crippen LogP contribution in [-0.4, -0.2) is 41.7 Å². The Morgan fingerprint density at radius 2 is 1.82 bits per heavy atom. The summed E-state index contributed by atoms with van der Waals surface area (Å²) in [5.41, 5.74) is 6.83. The Kier molecular flexibility index (Phi) is 4.42. The van der Waals surface area contributed by atoms with Gasteiger partial charge in [0.15, 0.2) is 11.5 Å². The van der Waals surface area contributed by atoms with Crippen molar-refractivity contribution in [2.75, 3.05) is 36.8 Å². The van der Waals surface area contributed by atoms with Gasteiger partial charge in [0.25, 0.3) is 0 Å². The Morgan fingerprint density at radius 1 is 1.14 bits per heavy atom. The average molecular weight is 320 g/mol. The van der Waals surface area contributed by atoms with Gasteiger partial charge in [-0.15, -0.1) is 0 Å². The summed E-state index contributed by atoms with van der Waals surface area (Å²) in [4.78, 5) is 8.95. The second-order valence-corrected chi connectivity index (χ2v) is 6.41. The molecule has 0 aliphatic carbocycles. The van der Waals surface area contributed by atoms with Gasteiger partial charge in [-0.3, -0.25) is 0 Å². The van der Waals surface area contributed by atoms with Crippen molar-refractivity contribution in [1.29, 1.82) is 0 Å². The summed E-state index contributed by atoms with van der Waals surface area (Å²) in [5.74, 6) is 4.62. The molecule has 2 aromatic rings. The highest BCUT2D eigenvalue weighted by atomic mass is 32.2. The molecule has 1 aromatic carbocycles. The van der Waals surface area contributed by atoms with Gasteiger partial charge in [0.2, 0.25) is 5.95 Å². The van der Waals surface area contributed by atoms with Crippen LogP contribution in [0.2, 0.25) is 0 Å². The maximum absolute atomic E-state index is 6.09. The molecule has 6 nitrogen and oxygen atoms in total. The average Bonchev–Trinajstić information content (AvgIpc) is 2.54. The summed E-state index contributed by atoms with van der Waals surface area (Å²) >= 11 is 1.99. The van der Waals surface area contributed by atoms with Crippen molar-refractivity contribution in [1.82, 2.24) is 9.97 Å². The lowest BCUT2D eigenvalue weighted by Gasteiger charge is -2.22. The van der Waals surface area contributed by atoms with E-state index in [0.29, 0.717) is 29.3 Å². The van der Waals surface area contributed by atoms with E-state index in [0.717, 1.165) is 23.7 Å². The molecule has 2 heterocycles. The van der Waals surface area contributed by atoms with Crippen LogP contribution in [0.25, 0.3) is 10.9 Å². The zero-order valence-corrected chi connectivity index (χ0v) is 13.6. The number of aromatic nitrogens is 2. The maximum atomic E-state index is 6.09. The minimum absolute atomic E-state index is 0.415. The van der Waals surface area contributed by atoms with Crippen LogP contribution in [0.15, 0.2) is 12.1 Å². The molecule has 0 radical (unpaired) electrons. The van der Waals surface area contributed by atoms with Crippen molar-refractivity contribution < 1.29 is 9.47 Å². The van der Waals surface area contributed by atoms with Crippen molar-refractivity contribution in [2.24, 2.45) is 0 Å². The quantitative estimate of drug-likeness (QED) is 0.895. The molecule has 118 valence electrons. The molecule has 0 amide bonds. The number of ether oxygens (including phenoxy) is 2. The number of methoxy groups -OCH3 is 2. The first-order valence-corrected chi connectivity index (χ1v) is 8.40. The molecular formula is C15H20N4O2S. The number of hydrogen-bond donors (Lipinski definition) is 2. The number of hydrogen-bond acceptors (Lipinski definition) is 7. The molecule has 1 aliphatic heterocycles. The van der Waals surface area contributed by atoms with E-state index >= 15 is 0 Å². The summed E-state index contributed by atoms with van der Waals surface area (Å²) in [6.07, 6.45) is 2.25. The first-order chi connectivity index (χ1) is 10.7. The normalized spacial score (nSPS) is 15.7. The molecule has 22 heavy (non-hydrogen) atoms. The molecule has 0 unspecified atom stereocenters. The SMILES string of the molecule is COc1cc2nc(NC3CCSCC3)nc(N)c2cc1OC. The molecule has 1 saturated heterocycles. The first-order valence-electron chi connectivity index (χ1n) is 7.25. The van der Waals surface area contributed by atoms with Crippen molar-refractivity contribution in [3.63, 3.8) is 0 Å². The molecule has 7 heteroatoms. The molecule has 0 spiro atoms. The van der Waals surface area contributed by atoms with E-state index in [1.54, 1.807) is 14.2 Å². The molecule has 1 aromatic heterocycles. The molecule has 3 N–H and O–H groups in total. The van der Waals surface area contributed by atoms with Gasteiger partial charge < -0.3 is 20.5 Å². The Labute approximate surface area is 133 Å². The lowest BCUT2D eigenvalue weighted by Crippen LogP contribution is -2.25. The Bertz CT molecular complexity index is 674. The number of nitrogens with zero attached hydrogens (tertiary/aromatic N) is 2. The molecule has 1 aliphatic rings. The van der Waals surface area contributed by atoms with Gasteiger partial charge in [-0.2, -0.15) is 16.7 Å². The molecule has 1 fully saturated rings. The smallest absolute Gasteiger partial charge is 0.225 e. The molecule has 0 bridgehead atoms. The summed E-state index contributed by atoms with van der Waals surface area (Å²) in [6, 6.07) is 4.05. The van der Waals surface area contributed by atoms with Crippen LogP contribution in [0.3, 0.4) is 0 Å². The van der Waals surface area contributed by atoms with Crippen molar-refractivity contribution in [3.05, 3.63) is 12.1 Å². The van der Waals surface area contributed by atoms with E-state index in [1.165, 1.54) is 11.5 Å². The summed E-state index contributed by atoms with van der Waals surface area (Å²) in [7, 11) is 3.20. The van der Waals surface area contributed by atoms with E-state index in [1.807, 2.05) is 23.9 Å². The van der Waals surface area contributed by atoms with Gasteiger partial charge in [0, 0.05) is 17.5 Å². The van der Waals surface area contributed by atoms with Gasteiger partial charge in [-0.1, -0.05) is 0 Å². The Balaban J connectivity index is 1.96. The number of nitrogen functional groups attached to an aromatic ring is 1. The molecule has 3 rings (SSSR count). The summed E-state index contributed by atoms with van der Waals surface area (Å²) in [6.45, 7) is 0. The standard InChI is InChI=1S/C15H20N4O2S/c1-20-12-7-10-11(8-13(12)21-2)18-15(19-14(10)16)17-9-3-5-22-6-4-9/h7-9H,3-6H2,1-2H3,(H3,16,17,18,19). The topological polar surface area (TPSA) is 82.3 Å². The van der Waals surface area contributed by atoms with E-state index in [9.17, 15) is 0 Å². The highest BCUT2D eigenvalue weighted by Gasteiger charge is 2.16. The predicted molar refractivity (Wildman–Crippen MR) is 91.0 cm³/mol. The van der Waals surface area contributed by atoms with Crippen LogP contribution < -0.4 is 20.5 Å². The number of anilines is 2. The Hall–Kier alpha value is -1.89. The van der Waals surface area contributed by atoms with Gasteiger partial charge >= 0.3 is 0 Å². The first kappa shape index (κ1) is 15.0. The highest BCUT2D eigenvalue weighted by Crippen LogP contribution is 2.33. The minimum Gasteiger partial charge on any atom is -0.493 e. The lowest BCUT2D eigenvalue weighted by atomic mass is 10.1. The van der Waals surface area contributed by atoms with Crippen LogP contribution in [0.5, 0.6) is 11.5 Å². The summed E-state index contributed by atoms with van der Waals surface area (Å²) in [5, 5.41) is 4.16. The van der Waals surface area contributed by atoms with Crippen molar-refractivity contribution in [2.45, 2.75) is 18.9 Å². The maximum Gasteiger partial charge on any atom is 0.225 e. The largest absolute Gasteiger partial charge is 0.493 e. The third-order valence-electron chi connectivity index (χ3n) is 3.79. The predicted octanol–water partition coefficient (Wildman–Crippen LogP) is 2.54. The van der Waals surface area contributed by atoms with Crippen LogP contribution in [-0.2, 0) is 0 Å². The van der Waals surface area contributed by atoms with Crippen LogP contribution in [0, 0.1) is 0 Å². The number of nitrogens with two attached hydrogens (primary N) is 1. The van der Waals surface area contributed by atoms with E-state index < -0.39 is 0 Å². The van der Waals surface area contributed by atoms with Crippen LogP contribution in [0.1, 0.15) is 12.8 Å². The van der Waals surface area contributed by atoms with Crippen molar-refractivity contribution >= 4 is 34.4 Å². The number of nitrogens with one attached hydrogen (secondary N) is 1. The number of benzene rings is 1. The van der Waals surface area contributed by atoms with Crippen molar-refractivity contribution in [3.8, 4) is 11.5 Å². The zero-order valence-electron chi connectivity index (χ0n) is 12.8. The van der Waals surface area contributed by atoms with Gasteiger partial charge in [0.1, 0.15) is 5.82 Å². The van der Waals surface area contributed by atoms with Gasteiger partial charge in [0.05, 0.1) is 19.7 Å². The van der Waals surface area contributed by atoms with Crippen LogP contribution in [0.4, 0.5) is 11.8 Å². The monoisotopic (exact) mass is 320 g/mol. The molecular weight excluding hydrogens is 300 g/mol. The third kappa shape index (κ3) is 2.99. The minimum atomic E-state index is 0.415. The van der Waals surface area contributed by atoms with Crippen LogP contribution >= 0.6 is 11.8 Å². The lowest BCUT2D eigenvalue weighted by molar-refractivity contribution is 0.356. The zero-order chi connectivity index (χ0) is 15.5. The Morgan fingerprint density at radius 3 is 2.50 bits per heavy atom. The second kappa shape index (κ2) is 6.48. The summed E-state index contributed by atoms with van der Waals surface area (Å²) < 4.78 is 10.6. The van der Waals surface area contributed by atoms with Gasteiger partial charge in [-0.05, 0) is 30.4 Å². The van der Waals surface area contributed by atoms with E-state index in [-0.39, 0.29) is 0 Å². The van der Waals surface area contributed by atoms with E-state index in [4.69, 9.17) is 15.2 Å².